The van der Waals surface area contributed by atoms with Crippen molar-refractivity contribution in [2.45, 2.75) is 26.7 Å². The minimum absolute atomic E-state index is 0.526. The Bertz CT molecular complexity index is 471. The van der Waals surface area contributed by atoms with Crippen LogP contribution in [0.25, 0.3) is 10.2 Å². The Morgan fingerprint density at radius 3 is 2.71 bits per heavy atom. The van der Waals surface area contributed by atoms with E-state index in [-0.39, 0.29) is 0 Å². The Hall–Kier alpha value is -1.09. The molecular formula is C11H14N2S. The van der Waals surface area contributed by atoms with Gasteiger partial charge in [0.25, 0.3) is 0 Å². The van der Waals surface area contributed by atoms with Gasteiger partial charge in [-0.2, -0.15) is 0 Å². The zero-order valence-electron chi connectivity index (χ0n) is 8.66. The number of aromatic nitrogens is 1. The topological polar surface area (TPSA) is 38.9 Å². The summed E-state index contributed by atoms with van der Waals surface area (Å²) in [4.78, 5) is 4.29. The van der Waals surface area contributed by atoms with Crippen molar-refractivity contribution in [3.63, 3.8) is 0 Å². The number of rotatable bonds is 1. The molecule has 0 fully saturated rings. The Labute approximate surface area is 87.8 Å². The summed E-state index contributed by atoms with van der Waals surface area (Å²) in [5.41, 5.74) is 9.46. The van der Waals surface area contributed by atoms with Crippen LogP contribution in [-0.2, 0) is 0 Å². The summed E-state index contributed by atoms with van der Waals surface area (Å²) >= 11 is 1.59. The molecule has 14 heavy (non-hydrogen) atoms. The molecule has 0 saturated heterocycles. The lowest BCUT2D eigenvalue weighted by Gasteiger charge is -2.09. The van der Waals surface area contributed by atoms with Gasteiger partial charge in [-0.05, 0) is 30.0 Å². The van der Waals surface area contributed by atoms with Gasteiger partial charge in [-0.15, -0.1) is 0 Å². The van der Waals surface area contributed by atoms with Crippen LogP contribution >= 0.6 is 11.3 Å². The molecule has 0 aliphatic heterocycles. The molecule has 74 valence electrons. The van der Waals surface area contributed by atoms with Crippen LogP contribution in [0.2, 0.25) is 0 Å². The van der Waals surface area contributed by atoms with Crippen molar-refractivity contribution in [3.05, 3.63) is 23.3 Å². The summed E-state index contributed by atoms with van der Waals surface area (Å²) in [6, 6.07) is 4.17. The summed E-state index contributed by atoms with van der Waals surface area (Å²) in [6.07, 6.45) is 0. The highest BCUT2D eigenvalue weighted by molar-refractivity contribution is 7.22. The van der Waals surface area contributed by atoms with Gasteiger partial charge < -0.3 is 5.73 Å². The lowest BCUT2D eigenvalue weighted by molar-refractivity contribution is 0.868. The number of hydrogen-bond donors (Lipinski definition) is 1. The van der Waals surface area contributed by atoms with Crippen LogP contribution in [0.5, 0.6) is 0 Å². The van der Waals surface area contributed by atoms with E-state index in [1.54, 1.807) is 11.3 Å². The maximum Gasteiger partial charge on any atom is 0.181 e. The van der Waals surface area contributed by atoms with Crippen LogP contribution in [0.15, 0.2) is 12.1 Å². The second-order valence-corrected chi connectivity index (χ2v) is 4.88. The molecule has 0 bridgehead atoms. The Morgan fingerprint density at radius 2 is 2.07 bits per heavy atom. The van der Waals surface area contributed by atoms with Gasteiger partial charge in [-0.1, -0.05) is 31.3 Å². The van der Waals surface area contributed by atoms with Gasteiger partial charge in [0.2, 0.25) is 0 Å². The van der Waals surface area contributed by atoms with E-state index >= 15 is 0 Å². The van der Waals surface area contributed by atoms with Gasteiger partial charge >= 0.3 is 0 Å². The normalized spacial score (nSPS) is 11.4. The van der Waals surface area contributed by atoms with E-state index in [1.165, 1.54) is 15.8 Å². The first-order valence-corrected chi connectivity index (χ1v) is 5.56. The van der Waals surface area contributed by atoms with Crippen molar-refractivity contribution in [3.8, 4) is 0 Å². The van der Waals surface area contributed by atoms with Crippen molar-refractivity contribution in [2.24, 2.45) is 0 Å². The maximum absolute atomic E-state index is 5.72. The molecule has 0 radical (unpaired) electrons. The highest BCUT2D eigenvalue weighted by atomic mass is 32.1. The molecule has 0 aliphatic rings. The number of benzene rings is 1. The average Bonchev–Trinajstić information content (AvgIpc) is 2.43. The number of thiazole rings is 1. The molecule has 2 aromatic rings. The van der Waals surface area contributed by atoms with Crippen LogP contribution < -0.4 is 5.73 Å². The summed E-state index contributed by atoms with van der Waals surface area (Å²) in [6.45, 7) is 6.56. The third-order valence-corrected chi connectivity index (χ3v) is 3.34. The second-order valence-electron chi connectivity index (χ2n) is 3.85. The molecule has 0 aliphatic carbocycles. The van der Waals surface area contributed by atoms with Crippen LogP contribution in [0.3, 0.4) is 0 Å². The van der Waals surface area contributed by atoms with E-state index in [0.29, 0.717) is 11.0 Å². The summed E-state index contributed by atoms with van der Waals surface area (Å²) in [5, 5.41) is 0.660. The first kappa shape index (κ1) is 9.46. The zero-order valence-corrected chi connectivity index (χ0v) is 9.48. The molecule has 3 heteroatoms. The molecule has 2 rings (SSSR count). The number of nitrogen functional groups attached to an aromatic ring is 1. The predicted molar refractivity (Wildman–Crippen MR) is 62.9 cm³/mol. The second kappa shape index (κ2) is 3.24. The lowest BCUT2D eigenvalue weighted by Crippen LogP contribution is -1.91. The standard InChI is InChI=1S/C11H14N2S/c1-6(2)9-7(3)4-5-8-10(9)14-11(12)13-8/h4-6H,1-3H3,(H2,12,13). The number of hydrogen-bond acceptors (Lipinski definition) is 3. The molecule has 0 atom stereocenters. The van der Waals surface area contributed by atoms with Crippen LogP contribution in [-0.4, -0.2) is 4.98 Å². The van der Waals surface area contributed by atoms with Gasteiger partial charge in [-0.25, -0.2) is 4.98 Å². The minimum atomic E-state index is 0.526. The number of fused-ring (bicyclic) bond motifs is 1. The fraction of sp³-hybridized carbons (Fsp3) is 0.364. The van der Waals surface area contributed by atoms with Gasteiger partial charge in [-0.3, -0.25) is 0 Å². The van der Waals surface area contributed by atoms with E-state index in [9.17, 15) is 0 Å². The highest BCUT2D eigenvalue weighted by Crippen LogP contribution is 2.33. The first-order valence-electron chi connectivity index (χ1n) is 4.75. The van der Waals surface area contributed by atoms with Crippen molar-refractivity contribution in [1.29, 1.82) is 0 Å². The molecular weight excluding hydrogens is 192 g/mol. The van der Waals surface area contributed by atoms with Gasteiger partial charge in [0, 0.05) is 0 Å². The zero-order chi connectivity index (χ0) is 10.3. The van der Waals surface area contributed by atoms with Gasteiger partial charge in [0.15, 0.2) is 5.13 Å². The SMILES string of the molecule is Cc1ccc2nc(N)sc2c1C(C)C. The monoisotopic (exact) mass is 206 g/mol. The van der Waals surface area contributed by atoms with Gasteiger partial charge in [0.05, 0.1) is 10.2 Å². The summed E-state index contributed by atoms with van der Waals surface area (Å²) in [5.74, 6) is 0.526. The summed E-state index contributed by atoms with van der Waals surface area (Å²) < 4.78 is 1.25. The summed E-state index contributed by atoms with van der Waals surface area (Å²) in [7, 11) is 0. The number of nitrogens with two attached hydrogens (primary N) is 1. The van der Waals surface area contributed by atoms with Crippen LogP contribution in [0.4, 0.5) is 5.13 Å². The first-order chi connectivity index (χ1) is 6.59. The lowest BCUT2D eigenvalue weighted by atomic mass is 9.98. The number of aryl methyl sites for hydroxylation is 1. The van der Waals surface area contributed by atoms with E-state index < -0.39 is 0 Å². The molecule has 2 N–H and O–H groups in total. The maximum atomic E-state index is 5.72. The van der Waals surface area contributed by atoms with Crippen LogP contribution in [0.1, 0.15) is 30.9 Å². The molecule has 0 saturated carbocycles. The third-order valence-electron chi connectivity index (χ3n) is 2.41. The predicted octanol–water partition coefficient (Wildman–Crippen LogP) is 3.31. The largest absolute Gasteiger partial charge is 0.375 e. The fourth-order valence-corrected chi connectivity index (χ4v) is 2.92. The van der Waals surface area contributed by atoms with Crippen LogP contribution in [0, 0.1) is 6.92 Å². The molecule has 1 aromatic carbocycles. The fourth-order valence-electron chi connectivity index (χ4n) is 1.85. The van der Waals surface area contributed by atoms with E-state index in [2.05, 4.69) is 31.8 Å². The molecule has 0 unspecified atom stereocenters. The molecule has 0 amide bonds. The minimum Gasteiger partial charge on any atom is -0.375 e. The van der Waals surface area contributed by atoms with E-state index in [0.717, 1.165) is 5.52 Å². The highest BCUT2D eigenvalue weighted by Gasteiger charge is 2.11. The van der Waals surface area contributed by atoms with Crippen molar-refractivity contribution in [1.82, 2.24) is 4.98 Å². The van der Waals surface area contributed by atoms with Crippen molar-refractivity contribution < 1.29 is 0 Å². The number of anilines is 1. The quantitative estimate of drug-likeness (QED) is 0.777. The molecule has 1 heterocycles. The van der Waals surface area contributed by atoms with Gasteiger partial charge in [0.1, 0.15) is 0 Å². The molecule has 1 aromatic heterocycles. The molecule has 2 nitrogen and oxygen atoms in total. The Kier molecular flexibility index (Phi) is 2.19. The molecule has 0 spiro atoms. The van der Waals surface area contributed by atoms with Crippen molar-refractivity contribution in [2.75, 3.05) is 5.73 Å². The van der Waals surface area contributed by atoms with E-state index in [1.807, 2.05) is 6.07 Å². The average molecular weight is 206 g/mol. The number of nitrogens with zero attached hydrogens (tertiary/aromatic N) is 1. The van der Waals surface area contributed by atoms with E-state index in [4.69, 9.17) is 5.73 Å². The third kappa shape index (κ3) is 1.38. The Morgan fingerprint density at radius 1 is 1.36 bits per heavy atom. The smallest absolute Gasteiger partial charge is 0.181 e. The van der Waals surface area contributed by atoms with Crippen molar-refractivity contribution >= 4 is 26.7 Å². The Balaban J connectivity index is 2.82.